The van der Waals surface area contributed by atoms with Crippen molar-refractivity contribution in [2.75, 3.05) is 40.4 Å². The number of fused-ring (bicyclic) bond motifs is 2. The second-order valence-electron chi connectivity index (χ2n) is 17.5. The minimum atomic E-state index is -1.20. The molecule has 0 aliphatic heterocycles. The normalized spacial score (nSPS) is 14.2. The molecule has 4 heterocycles. The van der Waals surface area contributed by atoms with Gasteiger partial charge in [0.2, 0.25) is 5.91 Å². The van der Waals surface area contributed by atoms with Crippen molar-refractivity contribution in [2.24, 2.45) is 10.8 Å². The largest absolute Gasteiger partial charge is 0.480 e. The van der Waals surface area contributed by atoms with E-state index in [1.54, 1.807) is 90.9 Å². The highest BCUT2D eigenvalue weighted by molar-refractivity contribution is 6.30. The number of aliphatic hydroxyl groups excluding tert-OH is 2. The number of carboxylic acid groups (broad SMARTS) is 1. The Morgan fingerprint density at radius 2 is 1.12 bits per heavy atom. The quantitative estimate of drug-likeness (QED) is 0.0749. The Hall–Kier alpha value is -6.50. The molecule has 0 bridgehead atoms. The molecule has 8 rings (SSSR count). The predicted molar refractivity (Wildman–Crippen MR) is 263 cm³/mol. The van der Waals surface area contributed by atoms with Gasteiger partial charge in [-0.15, -0.1) is 0 Å². The van der Waals surface area contributed by atoms with Crippen LogP contribution in [0.15, 0.2) is 107 Å². The maximum absolute atomic E-state index is 13.3. The minimum absolute atomic E-state index is 0.0261. The molecule has 17 nitrogen and oxygen atoms in total. The summed E-state index contributed by atoms with van der Waals surface area (Å²) in [4.78, 5) is 85.2. The maximum Gasteiger partial charge on any atom is 0.323 e. The number of aliphatic hydroxyl groups is 2. The maximum atomic E-state index is 13.3. The number of nitrogens with one attached hydrogen (secondary N) is 3. The van der Waals surface area contributed by atoms with Crippen LogP contribution in [0, 0.1) is 10.8 Å². The highest BCUT2D eigenvalue weighted by atomic mass is 35.5. The van der Waals surface area contributed by atoms with Crippen LogP contribution in [-0.2, 0) is 35.8 Å². The summed E-state index contributed by atoms with van der Waals surface area (Å²) < 4.78 is 2.23. The molecule has 19 heteroatoms. The summed E-state index contributed by atoms with van der Waals surface area (Å²) in [6, 6.07) is 23.6. The Bertz CT molecular complexity index is 2890. The van der Waals surface area contributed by atoms with Crippen molar-refractivity contribution >= 4 is 69.0 Å². The molecule has 2 saturated carbocycles. The first kappa shape index (κ1) is 51.9. The van der Waals surface area contributed by atoms with Gasteiger partial charge in [0, 0.05) is 83.9 Å². The second kappa shape index (κ2) is 23.7. The van der Waals surface area contributed by atoms with Crippen LogP contribution in [-0.4, -0.2) is 103 Å². The van der Waals surface area contributed by atoms with Crippen LogP contribution in [0.3, 0.4) is 0 Å². The van der Waals surface area contributed by atoms with E-state index in [1.165, 1.54) is 42.2 Å². The fourth-order valence-corrected chi connectivity index (χ4v) is 8.51. The highest BCUT2D eigenvalue weighted by Crippen LogP contribution is 2.41. The van der Waals surface area contributed by atoms with Gasteiger partial charge in [-0.05, 0) is 105 Å². The van der Waals surface area contributed by atoms with Crippen LogP contribution in [0.4, 0.5) is 0 Å². The van der Waals surface area contributed by atoms with Crippen molar-refractivity contribution in [1.82, 2.24) is 40.0 Å². The molecule has 0 atom stereocenters. The molecule has 69 heavy (non-hydrogen) atoms. The molecule has 0 spiro atoms. The summed E-state index contributed by atoms with van der Waals surface area (Å²) in [5, 5.41) is 38.5. The molecule has 4 aromatic heterocycles. The zero-order chi connectivity index (χ0) is 49.7. The van der Waals surface area contributed by atoms with Crippen LogP contribution in [0.1, 0.15) is 70.4 Å². The molecule has 2 aromatic carbocycles. The first-order valence-electron chi connectivity index (χ1n) is 22.4. The van der Waals surface area contributed by atoms with Gasteiger partial charge in [0.05, 0.1) is 6.61 Å². The molecule has 0 radical (unpaired) electrons. The van der Waals surface area contributed by atoms with E-state index >= 15 is 0 Å². The number of pyridine rings is 4. The number of nitrogens with zero attached hydrogens (tertiary/aromatic N) is 5. The van der Waals surface area contributed by atoms with E-state index in [-0.39, 0.29) is 59.8 Å². The van der Waals surface area contributed by atoms with Crippen LogP contribution in [0.25, 0.3) is 22.1 Å². The van der Waals surface area contributed by atoms with Crippen molar-refractivity contribution in [3.05, 3.63) is 150 Å². The second-order valence-corrected chi connectivity index (χ2v) is 18.4. The lowest BCUT2D eigenvalue weighted by atomic mass is 9.69. The van der Waals surface area contributed by atoms with E-state index in [9.17, 15) is 33.9 Å². The van der Waals surface area contributed by atoms with Crippen molar-refractivity contribution in [3.63, 3.8) is 0 Å². The average molecular weight is 984 g/mol. The zero-order valence-corrected chi connectivity index (χ0v) is 39.9. The van der Waals surface area contributed by atoms with Gasteiger partial charge in [-0.3, -0.25) is 37.9 Å². The molecule has 6 aromatic rings. The minimum Gasteiger partial charge on any atom is -0.480 e. The summed E-state index contributed by atoms with van der Waals surface area (Å²) in [6.45, 7) is 1.39. The molecule has 3 amide bonds. The molecule has 0 unspecified atom stereocenters. The van der Waals surface area contributed by atoms with Crippen LogP contribution < -0.4 is 27.1 Å². The van der Waals surface area contributed by atoms with Crippen LogP contribution >= 0.6 is 23.2 Å². The Kier molecular flexibility index (Phi) is 17.8. The molecular weight excluding hydrogens is 928 g/mol. The number of carbonyl (C=O) groups excluding carboxylic acids is 3. The van der Waals surface area contributed by atoms with Crippen molar-refractivity contribution in [1.29, 1.82) is 0 Å². The first-order chi connectivity index (χ1) is 33.1. The monoisotopic (exact) mass is 982 g/mol. The van der Waals surface area contributed by atoms with Gasteiger partial charge < -0.3 is 36.2 Å². The summed E-state index contributed by atoms with van der Waals surface area (Å²) in [5.74, 6) is -2.60. The van der Waals surface area contributed by atoms with Crippen molar-refractivity contribution < 1.29 is 34.5 Å². The van der Waals surface area contributed by atoms with Crippen LogP contribution in [0.5, 0.6) is 0 Å². The SMILES string of the molecule is CN(CC1(CO)CCC1)C(=O)Cn1c(=O)c(C(=O)NCc2ccc(Cl)cc2)cc2cccnc21.CNCC1(CO)CCC1.O=C(O)Cn1c(=O)c(C(=O)NCc2ccc(Cl)cc2)cc2cccnc21. The Morgan fingerprint density at radius 3 is 1.48 bits per heavy atom. The first-order valence-corrected chi connectivity index (χ1v) is 23.2. The summed E-state index contributed by atoms with van der Waals surface area (Å²) >= 11 is 11.7. The number of hydrogen-bond donors (Lipinski definition) is 6. The number of carbonyl (C=O) groups is 4. The number of aromatic nitrogens is 4. The van der Waals surface area contributed by atoms with E-state index in [0.717, 1.165) is 41.5 Å². The lowest BCUT2D eigenvalue weighted by Gasteiger charge is -2.42. The smallest absolute Gasteiger partial charge is 0.323 e. The predicted octanol–water partition coefficient (Wildman–Crippen LogP) is 5.03. The Labute approximate surface area is 408 Å². The lowest BCUT2D eigenvalue weighted by molar-refractivity contribution is -0.137. The van der Waals surface area contributed by atoms with Crippen molar-refractivity contribution in [3.8, 4) is 0 Å². The molecular formula is C50H56Cl2N8O9. The van der Waals surface area contributed by atoms with Gasteiger partial charge in [-0.2, -0.15) is 0 Å². The fraction of sp³-hybridized carbons (Fsp3) is 0.360. The highest BCUT2D eigenvalue weighted by Gasteiger charge is 2.38. The third-order valence-corrected chi connectivity index (χ3v) is 13.1. The van der Waals surface area contributed by atoms with Crippen molar-refractivity contribution in [2.45, 2.75) is 64.7 Å². The van der Waals surface area contributed by atoms with Gasteiger partial charge in [-0.25, -0.2) is 9.97 Å². The number of benzene rings is 2. The lowest BCUT2D eigenvalue weighted by Crippen LogP contribution is -2.47. The topological polar surface area (TPSA) is 238 Å². The average Bonchev–Trinajstić information content (AvgIpc) is 3.32. The number of carboxylic acids is 1. The van der Waals surface area contributed by atoms with Gasteiger partial charge in [0.1, 0.15) is 35.5 Å². The standard InChI is InChI=1S/C25H27ClN4O4.C18H14ClN3O4.C7H15NO/c1-29(15-25(16-31)9-3-10-25)21(32)14-30-22-18(4-2-11-27-22)12-20(24(30)34)23(33)28-13-17-5-7-19(26)8-6-17;19-13-5-3-11(4-6-13)9-21-17(25)14-8-12-2-1-7-20-16(12)22(18(14)26)10-15(23)24;1-8-5-7(6-9)3-2-4-7/h2,4-8,11-12,31H,3,9-10,13-16H2,1H3,(H,28,33);1-8H,9-10H2,(H,21,25)(H,23,24);8-9H,2-6H2,1H3. The molecule has 364 valence electrons. The summed E-state index contributed by atoms with van der Waals surface area (Å²) in [7, 11) is 3.61. The van der Waals surface area contributed by atoms with E-state index in [1.807, 2.05) is 7.05 Å². The van der Waals surface area contributed by atoms with Gasteiger partial charge in [0.15, 0.2) is 0 Å². The fourth-order valence-electron chi connectivity index (χ4n) is 8.26. The summed E-state index contributed by atoms with van der Waals surface area (Å²) in [6.07, 6.45) is 9.46. The number of aliphatic carboxylic acids is 1. The molecule has 2 aliphatic carbocycles. The number of amides is 3. The molecule has 2 aliphatic rings. The Morgan fingerprint density at radius 1 is 0.681 bits per heavy atom. The molecule has 6 N–H and O–H groups in total. The van der Waals surface area contributed by atoms with Gasteiger partial charge in [0.25, 0.3) is 22.9 Å². The molecule has 2 fully saturated rings. The zero-order valence-electron chi connectivity index (χ0n) is 38.4. The third-order valence-electron chi connectivity index (χ3n) is 12.6. The van der Waals surface area contributed by atoms with Crippen LogP contribution in [0.2, 0.25) is 10.0 Å². The third kappa shape index (κ3) is 13.2. The number of rotatable bonds is 16. The Balaban J connectivity index is 0.000000196. The number of likely N-dealkylation sites (N-methyl/N-ethyl adjacent to an activating group) is 1. The van der Waals surface area contributed by atoms with E-state index in [0.29, 0.717) is 39.6 Å². The number of hydrogen-bond acceptors (Lipinski definition) is 11. The van der Waals surface area contributed by atoms with Gasteiger partial charge in [-0.1, -0.05) is 60.3 Å². The number of halogens is 2. The summed E-state index contributed by atoms with van der Waals surface area (Å²) in [5.41, 5.74) is 0.722. The van der Waals surface area contributed by atoms with Gasteiger partial charge >= 0.3 is 5.97 Å². The van der Waals surface area contributed by atoms with E-state index in [4.69, 9.17) is 33.4 Å². The molecule has 0 saturated heterocycles. The van der Waals surface area contributed by atoms with E-state index < -0.39 is 35.4 Å². The van der Waals surface area contributed by atoms with E-state index in [2.05, 4.69) is 25.9 Å².